The van der Waals surface area contributed by atoms with Gasteiger partial charge in [0.2, 0.25) is 0 Å². The third-order valence-electron chi connectivity index (χ3n) is 7.18. The van der Waals surface area contributed by atoms with Crippen LogP contribution < -0.4 is 4.74 Å². The van der Waals surface area contributed by atoms with Gasteiger partial charge in [0.05, 0.1) is 11.6 Å². The minimum Gasteiger partial charge on any atom is -0.507 e. The van der Waals surface area contributed by atoms with Gasteiger partial charge in [-0.3, -0.25) is 9.59 Å². The Bertz CT molecular complexity index is 1310. The second kappa shape index (κ2) is 12.1. The second-order valence-electron chi connectivity index (χ2n) is 9.68. The maximum Gasteiger partial charge on any atom is 0.295 e. The molecule has 4 rings (SSSR count). The minimum absolute atomic E-state index is 0.126. The van der Waals surface area contributed by atoms with Crippen molar-refractivity contribution >= 4 is 17.4 Å². The molecule has 0 saturated carbocycles. The molecule has 0 bridgehead atoms. The fraction of sp³-hybridized carbons (Fsp3) is 0.312. The summed E-state index contributed by atoms with van der Waals surface area (Å²) in [5.41, 5.74) is 4.31. The number of Topliss-reactive ketones (excluding diaryl/α,β-unsaturated/α-hetero) is 1. The third-order valence-corrected chi connectivity index (χ3v) is 7.18. The van der Waals surface area contributed by atoms with Gasteiger partial charge in [-0.25, -0.2) is 0 Å². The number of rotatable bonds is 10. The van der Waals surface area contributed by atoms with Crippen LogP contribution in [0.1, 0.15) is 47.7 Å². The van der Waals surface area contributed by atoms with Crippen LogP contribution in [0.4, 0.5) is 0 Å². The van der Waals surface area contributed by atoms with Crippen molar-refractivity contribution in [3.63, 3.8) is 0 Å². The van der Waals surface area contributed by atoms with Crippen LogP contribution in [0.25, 0.3) is 5.76 Å². The number of hydrogen-bond acceptors (Lipinski definition) is 5. The van der Waals surface area contributed by atoms with Crippen LogP contribution in [0.5, 0.6) is 5.75 Å². The Kier molecular flexibility index (Phi) is 8.64. The van der Waals surface area contributed by atoms with Crippen molar-refractivity contribution in [3.05, 3.63) is 106 Å². The van der Waals surface area contributed by atoms with E-state index in [0.717, 1.165) is 35.3 Å². The Hall–Kier alpha value is -3.90. The van der Waals surface area contributed by atoms with E-state index in [1.165, 1.54) is 0 Å². The molecule has 1 N–H and O–H groups in total. The average Bonchev–Trinajstić information content (AvgIpc) is 3.19. The van der Waals surface area contributed by atoms with Crippen LogP contribution in [0.2, 0.25) is 0 Å². The highest BCUT2D eigenvalue weighted by atomic mass is 16.5. The highest BCUT2D eigenvalue weighted by Gasteiger charge is 2.46. The molecule has 1 atom stereocenters. The number of benzene rings is 3. The van der Waals surface area contributed by atoms with Crippen LogP contribution in [-0.2, 0) is 16.2 Å². The molecule has 1 aliphatic rings. The fourth-order valence-electron chi connectivity index (χ4n) is 4.87. The standard InChI is InChI=1S/C32H36N2O4/c1-5-33(6-2)18-19-34-29(25-14-16-26(17-15-25)38-21-24-10-8-7-9-11-24)28(31(36)32(34)37)30(35)27-20-22(3)12-13-23(27)4/h7-17,20,29,35H,5-6,18-19,21H2,1-4H3. The fourth-order valence-corrected chi connectivity index (χ4v) is 4.87. The van der Waals surface area contributed by atoms with Gasteiger partial charge in [-0.05, 0) is 61.8 Å². The molecule has 1 heterocycles. The lowest BCUT2D eigenvalue weighted by atomic mass is 9.93. The van der Waals surface area contributed by atoms with Crippen LogP contribution >= 0.6 is 0 Å². The van der Waals surface area contributed by atoms with Crippen LogP contribution in [0.3, 0.4) is 0 Å². The van der Waals surface area contributed by atoms with E-state index in [4.69, 9.17) is 4.74 Å². The molecule has 38 heavy (non-hydrogen) atoms. The first-order valence-corrected chi connectivity index (χ1v) is 13.2. The molecule has 1 amide bonds. The van der Waals surface area contributed by atoms with Gasteiger partial charge >= 0.3 is 0 Å². The average molecular weight is 513 g/mol. The normalized spacial score (nSPS) is 16.9. The summed E-state index contributed by atoms with van der Waals surface area (Å²) in [4.78, 5) is 30.5. The van der Waals surface area contributed by atoms with E-state index in [1.807, 2.05) is 86.6 Å². The molecule has 1 saturated heterocycles. The van der Waals surface area contributed by atoms with Gasteiger partial charge in [0, 0.05) is 18.7 Å². The predicted molar refractivity (Wildman–Crippen MR) is 150 cm³/mol. The first kappa shape index (κ1) is 27.1. The van der Waals surface area contributed by atoms with Crippen molar-refractivity contribution in [2.24, 2.45) is 0 Å². The summed E-state index contributed by atoms with van der Waals surface area (Å²) >= 11 is 0. The zero-order valence-corrected chi connectivity index (χ0v) is 22.6. The number of ketones is 1. The maximum atomic E-state index is 13.4. The molecule has 0 aliphatic carbocycles. The lowest BCUT2D eigenvalue weighted by molar-refractivity contribution is -0.140. The highest BCUT2D eigenvalue weighted by Crippen LogP contribution is 2.40. The van der Waals surface area contributed by atoms with E-state index >= 15 is 0 Å². The Morgan fingerprint density at radius 3 is 2.29 bits per heavy atom. The Morgan fingerprint density at radius 2 is 1.63 bits per heavy atom. The number of hydrogen-bond donors (Lipinski definition) is 1. The number of likely N-dealkylation sites (tertiary alicyclic amines) is 1. The van der Waals surface area contributed by atoms with Crippen molar-refractivity contribution in [1.82, 2.24) is 9.80 Å². The van der Waals surface area contributed by atoms with Crippen molar-refractivity contribution in [3.8, 4) is 5.75 Å². The molecule has 198 valence electrons. The van der Waals surface area contributed by atoms with E-state index < -0.39 is 17.7 Å². The molecule has 6 nitrogen and oxygen atoms in total. The molecule has 1 aliphatic heterocycles. The summed E-state index contributed by atoms with van der Waals surface area (Å²) in [5, 5.41) is 11.4. The van der Waals surface area contributed by atoms with Crippen LogP contribution in [-0.4, -0.2) is 52.8 Å². The first-order valence-electron chi connectivity index (χ1n) is 13.2. The number of aryl methyl sites for hydroxylation is 2. The second-order valence-corrected chi connectivity index (χ2v) is 9.68. The molecule has 0 aromatic heterocycles. The van der Waals surface area contributed by atoms with Crippen LogP contribution in [0, 0.1) is 13.8 Å². The van der Waals surface area contributed by atoms with Gasteiger partial charge in [0.1, 0.15) is 18.1 Å². The van der Waals surface area contributed by atoms with E-state index in [-0.39, 0.29) is 11.3 Å². The number of ether oxygens (including phenoxy) is 1. The largest absolute Gasteiger partial charge is 0.507 e. The van der Waals surface area contributed by atoms with Gasteiger partial charge in [0.15, 0.2) is 0 Å². The van der Waals surface area contributed by atoms with Crippen molar-refractivity contribution < 1.29 is 19.4 Å². The SMILES string of the molecule is CCN(CC)CCN1C(=O)C(=O)C(=C(O)c2cc(C)ccc2C)C1c1ccc(OCc2ccccc2)cc1. The molecule has 6 heteroatoms. The number of amides is 1. The summed E-state index contributed by atoms with van der Waals surface area (Å²) in [7, 11) is 0. The maximum absolute atomic E-state index is 13.4. The number of aliphatic hydroxyl groups is 1. The van der Waals surface area contributed by atoms with Gasteiger partial charge in [-0.15, -0.1) is 0 Å². The van der Waals surface area contributed by atoms with Gasteiger partial charge in [-0.2, -0.15) is 0 Å². The minimum atomic E-state index is -0.686. The summed E-state index contributed by atoms with van der Waals surface area (Å²) in [6.07, 6.45) is 0. The molecule has 3 aromatic rings. The number of carbonyl (C=O) groups excluding carboxylic acids is 2. The lowest BCUT2D eigenvalue weighted by Crippen LogP contribution is -2.38. The molecule has 3 aromatic carbocycles. The first-order chi connectivity index (χ1) is 18.3. The quantitative estimate of drug-likeness (QED) is 0.216. The molecule has 1 fully saturated rings. The topological polar surface area (TPSA) is 70.1 Å². The number of likely N-dealkylation sites (N-methyl/N-ethyl adjacent to an activating group) is 1. The Morgan fingerprint density at radius 1 is 0.947 bits per heavy atom. The lowest BCUT2D eigenvalue weighted by Gasteiger charge is -2.28. The summed E-state index contributed by atoms with van der Waals surface area (Å²) < 4.78 is 5.94. The molecule has 0 spiro atoms. The smallest absolute Gasteiger partial charge is 0.295 e. The van der Waals surface area contributed by atoms with E-state index in [2.05, 4.69) is 18.7 Å². The summed E-state index contributed by atoms with van der Waals surface area (Å²) in [6.45, 7) is 11.1. The number of nitrogens with zero attached hydrogens (tertiary/aromatic N) is 2. The van der Waals surface area contributed by atoms with E-state index in [0.29, 0.717) is 31.0 Å². The van der Waals surface area contributed by atoms with Crippen molar-refractivity contribution in [2.45, 2.75) is 40.3 Å². The van der Waals surface area contributed by atoms with Gasteiger partial charge < -0.3 is 19.6 Å². The van der Waals surface area contributed by atoms with Crippen molar-refractivity contribution in [1.29, 1.82) is 0 Å². The number of carbonyl (C=O) groups is 2. The number of aliphatic hydroxyl groups excluding tert-OH is 1. The summed E-state index contributed by atoms with van der Waals surface area (Å²) in [6, 6.07) is 22.4. The molecule has 0 radical (unpaired) electrons. The molecule has 1 unspecified atom stereocenters. The monoisotopic (exact) mass is 512 g/mol. The summed E-state index contributed by atoms with van der Waals surface area (Å²) in [5.74, 6) is -0.688. The van der Waals surface area contributed by atoms with Crippen molar-refractivity contribution in [2.75, 3.05) is 26.2 Å². The Labute approximate surface area is 225 Å². The van der Waals surface area contributed by atoms with Gasteiger partial charge in [-0.1, -0.05) is 74.0 Å². The van der Waals surface area contributed by atoms with E-state index in [1.54, 1.807) is 4.90 Å². The Balaban J connectivity index is 1.71. The zero-order chi connectivity index (χ0) is 27.2. The van der Waals surface area contributed by atoms with Crippen LogP contribution in [0.15, 0.2) is 78.4 Å². The zero-order valence-electron chi connectivity index (χ0n) is 22.6. The highest BCUT2D eigenvalue weighted by molar-refractivity contribution is 6.46. The van der Waals surface area contributed by atoms with Gasteiger partial charge in [0.25, 0.3) is 11.7 Å². The molecular weight excluding hydrogens is 476 g/mol. The van der Waals surface area contributed by atoms with E-state index in [9.17, 15) is 14.7 Å². The molecular formula is C32H36N2O4. The predicted octanol–water partition coefficient (Wildman–Crippen LogP) is 5.65. The third kappa shape index (κ3) is 5.81.